The molecular formula is C24H14ClFN2O2. The Hall–Kier alpha value is -3.70. The Kier molecular flexibility index (Phi) is 4.45. The highest BCUT2D eigenvalue weighted by Crippen LogP contribution is 2.25. The fourth-order valence-electron chi connectivity index (χ4n) is 3.43. The lowest BCUT2D eigenvalue weighted by atomic mass is 10.1. The SMILES string of the molecule is O=c1c(/C=C/c2nc3cc(Cl)ccc3n2-c2ccccc2)coc2ccc(F)cc12. The van der Waals surface area contributed by atoms with Crippen molar-refractivity contribution in [1.29, 1.82) is 0 Å². The van der Waals surface area contributed by atoms with E-state index in [1.165, 1.54) is 24.5 Å². The largest absolute Gasteiger partial charge is 0.463 e. The Morgan fingerprint density at radius 2 is 1.83 bits per heavy atom. The molecule has 0 aliphatic rings. The van der Waals surface area contributed by atoms with Gasteiger partial charge in [0.2, 0.25) is 0 Å². The van der Waals surface area contributed by atoms with Crippen molar-refractivity contribution in [3.63, 3.8) is 0 Å². The summed E-state index contributed by atoms with van der Waals surface area (Å²) in [5, 5.41) is 0.786. The molecule has 2 aromatic heterocycles. The maximum absolute atomic E-state index is 13.6. The molecule has 0 bridgehead atoms. The molecule has 0 atom stereocenters. The molecular weight excluding hydrogens is 403 g/mol. The van der Waals surface area contributed by atoms with Gasteiger partial charge in [-0.15, -0.1) is 0 Å². The second-order valence-electron chi connectivity index (χ2n) is 6.77. The zero-order valence-electron chi connectivity index (χ0n) is 15.5. The molecule has 5 rings (SSSR count). The zero-order chi connectivity index (χ0) is 20.7. The number of fused-ring (bicyclic) bond motifs is 2. The molecule has 0 N–H and O–H groups in total. The number of imidazole rings is 1. The molecule has 0 saturated carbocycles. The zero-order valence-corrected chi connectivity index (χ0v) is 16.3. The van der Waals surface area contributed by atoms with Crippen LogP contribution in [0.25, 0.3) is 39.8 Å². The Morgan fingerprint density at radius 1 is 1.00 bits per heavy atom. The maximum Gasteiger partial charge on any atom is 0.199 e. The van der Waals surface area contributed by atoms with Crippen molar-refractivity contribution in [3.8, 4) is 5.69 Å². The summed E-state index contributed by atoms with van der Waals surface area (Å²) in [6.45, 7) is 0. The van der Waals surface area contributed by atoms with Crippen LogP contribution in [0.15, 0.2) is 82.2 Å². The third-order valence-corrected chi connectivity index (χ3v) is 5.07. The van der Waals surface area contributed by atoms with E-state index in [2.05, 4.69) is 4.98 Å². The molecule has 0 aliphatic heterocycles. The first-order valence-corrected chi connectivity index (χ1v) is 9.60. The van der Waals surface area contributed by atoms with Crippen LogP contribution in [-0.2, 0) is 0 Å². The van der Waals surface area contributed by atoms with Gasteiger partial charge >= 0.3 is 0 Å². The molecule has 0 radical (unpaired) electrons. The van der Waals surface area contributed by atoms with Crippen LogP contribution in [0.3, 0.4) is 0 Å². The third-order valence-electron chi connectivity index (χ3n) is 4.83. The first kappa shape index (κ1) is 18.3. The molecule has 0 amide bonds. The van der Waals surface area contributed by atoms with E-state index < -0.39 is 5.82 Å². The number of para-hydroxylation sites is 1. The van der Waals surface area contributed by atoms with Gasteiger partial charge in [-0.2, -0.15) is 0 Å². The highest BCUT2D eigenvalue weighted by molar-refractivity contribution is 6.31. The summed E-state index contributed by atoms with van der Waals surface area (Å²) in [4.78, 5) is 17.4. The van der Waals surface area contributed by atoms with Gasteiger partial charge in [0.15, 0.2) is 5.43 Å². The van der Waals surface area contributed by atoms with Crippen LogP contribution >= 0.6 is 11.6 Å². The van der Waals surface area contributed by atoms with E-state index in [4.69, 9.17) is 16.0 Å². The molecule has 0 unspecified atom stereocenters. The van der Waals surface area contributed by atoms with E-state index in [9.17, 15) is 9.18 Å². The molecule has 6 heteroatoms. The molecule has 5 aromatic rings. The van der Waals surface area contributed by atoms with E-state index in [1.807, 2.05) is 47.0 Å². The summed E-state index contributed by atoms with van der Waals surface area (Å²) >= 11 is 6.14. The van der Waals surface area contributed by atoms with Crippen molar-refractivity contribution in [1.82, 2.24) is 9.55 Å². The van der Waals surface area contributed by atoms with Gasteiger partial charge in [0.1, 0.15) is 23.5 Å². The molecule has 3 aromatic carbocycles. The molecule has 0 spiro atoms. The lowest BCUT2D eigenvalue weighted by Gasteiger charge is -2.07. The number of halogens is 2. The summed E-state index contributed by atoms with van der Waals surface area (Å²) in [6.07, 6.45) is 4.72. The van der Waals surface area contributed by atoms with Gasteiger partial charge in [0.25, 0.3) is 0 Å². The fourth-order valence-corrected chi connectivity index (χ4v) is 3.60. The Morgan fingerprint density at radius 3 is 2.67 bits per heavy atom. The monoisotopic (exact) mass is 416 g/mol. The van der Waals surface area contributed by atoms with Gasteiger partial charge in [0.05, 0.1) is 22.0 Å². The van der Waals surface area contributed by atoms with Crippen LogP contribution in [0, 0.1) is 5.82 Å². The van der Waals surface area contributed by atoms with E-state index >= 15 is 0 Å². The first-order valence-electron chi connectivity index (χ1n) is 9.23. The van der Waals surface area contributed by atoms with Crippen LogP contribution in [0.4, 0.5) is 4.39 Å². The van der Waals surface area contributed by atoms with Gasteiger partial charge in [-0.25, -0.2) is 9.37 Å². The lowest BCUT2D eigenvalue weighted by Crippen LogP contribution is -2.05. The lowest BCUT2D eigenvalue weighted by molar-refractivity contribution is 0.595. The minimum atomic E-state index is -0.487. The van der Waals surface area contributed by atoms with Crippen LogP contribution < -0.4 is 5.43 Å². The van der Waals surface area contributed by atoms with Crippen LogP contribution in [0.5, 0.6) is 0 Å². The molecule has 4 nitrogen and oxygen atoms in total. The summed E-state index contributed by atoms with van der Waals surface area (Å²) in [7, 11) is 0. The summed E-state index contributed by atoms with van der Waals surface area (Å²) in [6, 6.07) is 19.2. The molecule has 0 aliphatic carbocycles. The normalized spacial score (nSPS) is 11.7. The Balaban J connectivity index is 1.67. The number of aromatic nitrogens is 2. The van der Waals surface area contributed by atoms with Crippen molar-refractivity contribution in [2.45, 2.75) is 0 Å². The highest BCUT2D eigenvalue weighted by Gasteiger charge is 2.12. The van der Waals surface area contributed by atoms with Crippen molar-refractivity contribution >= 4 is 45.8 Å². The van der Waals surface area contributed by atoms with Gasteiger partial charge in [-0.05, 0) is 60.7 Å². The third kappa shape index (κ3) is 3.19. The minimum Gasteiger partial charge on any atom is -0.463 e. The van der Waals surface area contributed by atoms with Crippen LogP contribution in [-0.4, -0.2) is 9.55 Å². The van der Waals surface area contributed by atoms with Crippen molar-refractivity contribution in [2.24, 2.45) is 0 Å². The van der Waals surface area contributed by atoms with Crippen LogP contribution in [0.1, 0.15) is 11.4 Å². The quantitative estimate of drug-likeness (QED) is 0.357. The number of hydrogen-bond acceptors (Lipinski definition) is 3. The number of rotatable bonds is 3. The van der Waals surface area contributed by atoms with Gasteiger partial charge in [-0.3, -0.25) is 9.36 Å². The molecule has 30 heavy (non-hydrogen) atoms. The Bertz CT molecular complexity index is 1490. The maximum atomic E-state index is 13.6. The highest BCUT2D eigenvalue weighted by atomic mass is 35.5. The topological polar surface area (TPSA) is 48.0 Å². The number of nitrogens with zero attached hydrogens (tertiary/aromatic N) is 2. The van der Waals surface area contributed by atoms with Crippen LogP contribution in [0.2, 0.25) is 5.02 Å². The minimum absolute atomic E-state index is 0.195. The van der Waals surface area contributed by atoms with Gasteiger partial charge in [-0.1, -0.05) is 29.8 Å². The fraction of sp³-hybridized carbons (Fsp3) is 0. The predicted octanol–water partition coefficient (Wildman–Crippen LogP) is 6.09. The van der Waals surface area contributed by atoms with E-state index in [0.717, 1.165) is 16.7 Å². The molecule has 2 heterocycles. The molecule has 0 fully saturated rings. The van der Waals surface area contributed by atoms with Gasteiger partial charge < -0.3 is 4.42 Å². The number of hydrogen-bond donors (Lipinski definition) is 0. The predicted molar refractivity (Wildman–Crippen MR) is 117 cm³/mol. The van der Waals surface area contributed by atoms with E-state index in [1.54, 1.807) is 18.2 Å². The van der Waals surface area contributed by atoms with Crippen molar-refractivity contribution < 1.29 is 8.81 Å². The smallest absolute Gasteiger partial charge is 0.199 e. The van der Waals surface area contributed by atoms with Crippen molar-refractivity contribution in [3.05, 3.63) is 105 Å². The number of benzene rings is 3. The molecule has 146 valence electrons. The van der Waals surface area contributed by atoms with E-state index in [0.29, 0.717) is 22.0 Å². The summed E-state index contributed by atoms with van der Waals surface area (Å²) in [5.41, 5.74) is 2.88. The summed E-state index contributed by atoms with van der Waals surface area (Å²) < 4.78 is 21.0. The Labute approximate surface area is 175 Å². The average Bonchev–Trinajstić information content (AvgIpc) is 3.11. The second kappa shape index (κ2) is 7.28. The standard InChI is InChI=1S/C24H14ClFN2O2/c25-16-7-9-21-20(12-16)27-23(28(21)18-4-2-1-3-5-18)11-6-15-14-30-22-10-8-17(26)13-19(22)24(15)29/h1-14H/b11-6+. The first-order chi connectivity index (χ1) is 14.6. The second-order valence-corrected chi connectivity index (χ2v) is 7.20. The summed E-state index contributed by atoms with van der Waals surface area (Å²) in [5.74, 6) is 0.135. The molecule has 0 saturated heterocycles. The van der Waals surface area contributed by atoms with Crippen molar-refractivity contribution in [2.75, 3.05) is 0 Å². The van der Waals surface area contributed by atoms with Gasteiger partial charge in [0, 0.05) is 10.7 Å². The average molecular weight is 417 g/mol. The van der Waals surface area contributed by atoms with E-state index in [-0.39, 0.29) is 10.8 Å².